The monoisotopic (exact) mass is 181 g/mol. The normalized spacial score (nSPS) is 40.3. The molecule has 2 N–H and O–H groups in total. The van der Waals surface area contributed by atoms with Gasteiger partial charge < -0.3 is 5.73 Å². The van der Waals surface area contributed by atoms with Crippen LogP contribution in [0.15, 0.2) is 0 Å². The summed E-state index contributed by atoms with van der Waals surface area (Å²) >= 11 is 0. The van der Waals surface area contributed by atoms with Crippen molar-refractivity contribution in [2.45, 2.75) is 51.0 Å². The second-order valence-electron chi connectivity index (χ2n) is 5.00. The molecule has 2 rings (SSSR count). The number of ketones is 1. The molecule has 0 bridgehead atoms. The molecule has 13 heavy (non-hydrogen) atoms. The van der Waals surface area contributed by atoms with Gasteiger partial charge in [0.15, 0.2) is 5.78 Å². The van der Waals surface area contributed by atoms with Crippen molar-refractivity contribution in [3.63, 3.8) is 0 Å². The Morgan fingerprint density at radius 3 is 2.62 bits per heavy atom. The summed E-state index contributed by atoms with van der Waals surface area (Å²) < 4.78 is 0. The average Bonchev–Trinajstić information content (AvgIpc) is 2.84. The van der Waals surface area contributed by atoms with E-state index in [1.165, 1.54) is 6.42 Å². The molecule has 0 aliphatic heterocycles. The highest BCUT2D eigenvalue weighted by atomic mass is 16.1. The van der Waals surface area contributed by atoms with Crippen molar-refractivity contribution in [1.29, 1.82) is 0 Å². The van der Waals surface area contributed by atoms with Gasteiger partial charge in [0.25, 0.3) is 0 Å². The fourth-order valence-corrected chi connectivity index (χ4v) is 2.57. The molecule has 0 aromatic rings. The van der Waals surface area contributed by atoms with Gasteiger partial charge in [-0.3, -0.25) is 4.79 Å². The van der Waals surface area contributed by atoms with E-state index in [2.05, 4.69) is 6.92 Å². The predicted octanol–water partition coefficient (Wildman–Crippen LogP) is 1.87. The molecule has 2 aliphatic rings. The first-order chi connectivity index (χ1) is 6.12. The van der Waals surface area contributed by atoms with Crippen LogP contribution in [0.25, 0.3) is 0 Å². The van der Waals surface area contributed by atoms with Crippen molar-refractivity contribution in [2.24, 2.45) is 17.6 Å². The van der Waals surface area contributed by atoms with E-state index in [9.17, 15) is 4.79 Å². The summed E-state index contributed by atoms with van der Waals surface area (Å²) in [6.07, 6.45) is 6.40. The maximum atomic E-state index is 11.9. The largest absolute Gasteiger partial charge is 0.319 e. The zero-order valence-electron chi connectivity index (χ0n) is 8.38. The zero-order valence-corrected chi connectivity index (χ0v) is 8.38. The lowest BCUT2D eigenvalue weighted by atomic mass is 9.73. The van der Waals surface area contributed by atoms with Gasteiger partial charge >= 0.3 is 0 Å². The molecule has 2 fully saturated rings. The molecule has 0 aromatic heterocycles. The lowest BCUT2D eigenvalue weighted by molar-refractivity contribution is -0.127. The third-order valence-corrected chi connectivity index (χ3v) is 3.47. The van der Waals surface area contributed by atoms with Gasteiger partial charge in [0, 0.05) is 5.92 Å². The van der Waals surface area contributed by atoms with Crippen molar-refractivity contribution >= 4 is 5.78 Å². The van der Waals surface area contributed by atoms with Crippen LogP contribution in [0.5, 0.6) is 0 Å². The SMILES string of the molecule is CC1CCCC(N)(C(=O)C2CC2)C1. The standard InChI is InChI=1S/C11H19NO/c1-8-3-2-6-11(12,7-8)10(13)9-4-5-9/h8-9H,2-7,12H2,1H3. The molecule has 74 valence electrons. The molecular weight excluding hydrogens is 162 g/mol. The van der Waals surface area contributed by atoms with Gasteiger partial charge in [-0.15, -0.1) is 0 Å². The summed E-state index contributed by atoms with van der Waals surface area (Å²) in [5.74, 6) is 1.33. The Labute approximate surface area is 79.9 Å². The lowest BCUT2D eigenvalue weighted by Crippen LogP contribution is -2.51. The number of rotatable bonds is 2. The second-order valence-corrected chi connectivity index (χ2v) is 5.00. The molecule has 0 amide bonds. The van der Waals surface area contributed by atoms with E-state index in [1.807, 2.05) is 0 Å². The average molecular weight is 181 g/mol. The van der Waals surface area contributed by atoms with Crippen LogP contribution in [0.3, 0.4) is 0 Å². The summed E-state index contributed by atoms with van der Waals surface area (Å²) in [6.45, 7) is 2.21. The van der Waals surface area contributed by atoms with Crippen LogP contribution in [-0.4, -0.2) is 11.3 Å². The maximum Gasteiger partial charge on any atom is 0.155 e. The minimum Gasteiger partial charge on any atom is -0.319 e. The number of carbonyl (C=O) groups is 1. The summed E-state index contributed by atoms with van der Waals surface area (Å²) in [5.41, 5.74) is 5.74. The van der Waals surface area contributed by atoms with E-state index >= 15 is 0 Å². The quantitative estimate of drug-likeness (QED) is 0.706. The van der Waals surface area contributed by atoms with Crippen LogP contribution in [0.2, 0.25) is 0 Å². The van der Waals surface area contributed by atoms with Crippen LogP contribution in [0.1, 0.15) is 45.4 Å². The van der Waals surface area contributed by atoms with E-state index < -0.39 is 5.54 Å². The summed E-state index contributed by atoms with van der Waals surface area (Å²) in [6, 6.07) is 0. The molecule has 0 radical (unpaired) electrons. The topological polar surface area (TPSA) is 43.1 Å². The molecule has 2 atom stereocenters. The smallest absolute Gasteiger partial charge is 0.155 e. The Morgan fingerprint density at radius 2 is 2.08 bits per heavy atom. The minimum absolute atomic E-state index is 0.329. The van der Waals surface area contributed by atoms with Crippen LogP contribution < -0.4 is 5.73 Å². The van der Waals surface area contributed by atoms with Gasteiger partial charge in [-0.05, 0) is 31.6 Å². The molecule has 0 spiro atoms. The number of hydrogen-bond acceptors (Lipinski definition) is 2. The van der Waals surface area contributed by atoms with E-state index in [0.717, 1.165) is 32.1 Å². The van der Waals surface area contributed by atoms with Crippen molar-refractivity contribution < 1.29 is 4.79 Å². The van der Waals surface area contributed by atoms with Crippen molar-refractivity contribution in [2.75, 3.05) is 0 Å². The van der Waals surface area contributed by atoms with Gasteiger partial charge in [-0.2, -0.15) is 0 Å². The number of carbonyl (C=O) groups excluding carboxylic acids is 1. The first-order valence-corrected chi connectivity index (χ1v) is 5.45. The van der Waals surface area contributed by atoms with Crippen LogP contribution >= 0.6 is 0 Å². The molecule has 0 saturated heterocycles. The fourth-order valence-electron chi connectivity index (χ4n) is 2.57. The predicted molar refractivity (Wildman–Crippen MR) is 52.3 cm³/mol. The molecule has 2 saturated carbocycles. The molecule has 2 heteroatoms. The summed E-state index contributed by atoms with van der Waals surface area (Å²) in [7, 11) is 0. The highest BCUT2D eigenvalue weighted by molar-refractivity contribution is 5.92. The molecule has 2 nitrogen and oxygen atoms in total. The van der Waals surface area contributed by atoms with Crippen molar-refractivity contribution in [1.82, 2.24) is 0 Å². The van der Waals surface area contributed by atoms with E-state index in [0.29, 0.717) is 17.6 Å². The van der Waals surface area contributed by atoms with E-state index in [-0.39, 0.29) is 0 Å². The molecule has 2 unspecified atom stereocenters. The van der Waals surface area contributed by atoms with E-state index in [1.54, 1.807) is 0 Å². The Balaban J connectivity index is 2.04. The van der Waals surface area contributed by atoms with Crippen LogP contribution in [-0.2, 0) is 4.79 Å². The first kappa shape index (κ1) is 9.20. The zero-order chi connectivity index (χ0) is 9.47. The highest BCUT2D eigenvalue weighted by Gasteiger charge is 2.44. The van der Waals surface area contributed by atoms with Gasteiger partial charge in [0.05, 0.1) is 5.54 Å². The van der Waals surface area contributed by atoms with Crippen LogP contribution in [0, 0.1) is 11.8 Å². The Bertz CT molecular complexity index is 222. The van der Waals surface area contributed by atoms with Crippen molar-refractivity contribution in [3.05, 3.63) is 0 Å². The fraction of sp³-hybridized carbons (Fsp3) is 0.909. The van der Waals surface area contributed by atoms with Crippen molar-refractivity contribution in [3.8, 4) is 0 Å². The van der Waals surface area contributed by atoms with Gasteiger partial charge in [-0.25, -0.2) is 0 Å². The maximum absolute atomic E-state index is 11.9. The molecule has 2 aliphatic carbocycles. The minimum atomic E-state index is -0.446. The first-order valence-electron chi connectivity index (χ1n) is 5.45. The summed E-state index contributed by atoms with van der Waals surface area (Å²) in [5, 5.41) is 0. The Morgan fingerprint density at radius 1 is 1.38 bits per heavy atom. The van der Waals surface area contributed by atoms with Gasteiger partial charge in [0.1, 0.15) is 0 Å². The molecular formula is C11H19NO. The third kappa shape index (κ3) is 1.78. The Hall–Kier alpha value is -0.370. The van der Waals surface area contributed by atoms with Gasteiger partial charge in [-0.1, -0.05) is 19.8 Å². The number of hydrogen-bond donors (Lipinski definition) is 1. The van der Waals surface area contributed by atoms with Crippen LogP contribution in [0.4, 0.5) is 0 Å². The Kier molecular flexibility index (Phi) is 2.18. The lowest BCUT2D eigenvalue weighted by Gasteiger charge is -2.35. The van der Waals surface area contributed by atoms with Gasteiger partial charge in [0.2, 0.25) is 0 Å². The third-order valence-electron chi connectivity index (χ3n) is 3.47. The molecule has 0 heterocycles. The van der Waals surface area contributed by atoms with E-state index in [4.69, 9.17) is 5.73 Å². The highest BCUT2D eigenvalue weighted by Crippen LogP contribution is 2.39. The number of nitrogens with two attached hydrogens (primary N) is 1. The number of Topliss-reactive ketones (excluding diaryl/α,β-unsaturated/α-hetero) is 1. The second kappa shape index (κ2) is 3.09. The summed E-state index contributed by atoms with van der Waals surface area (Å²) in [4.78, 5) is 11.9. The molecule has 0 aromatic carbocycles.